The van der Waals surface area contributed by atoms with Crippen molar-refractivity contribution < 1.29 is 14.4 Å². The van der Waals surface area contributed by atoms with Crippen molar-refractivity contribution in [2.24, 2.45) is 0 Å². The molecule has 0 bridgehead atoms. The van der Waals surface area contributed by atoms with Crippen LogP contribution >= 0.6 is 0 Å². The molecule has 0 aromatic heterocycles. The number of epoxide rings is 1. The molecule has 1 unspecified atom stereocenters. The van der Waals surface area contributed by atoms with Crippen molar-refractivity contribution in [3.05, 3.63) is 33.9 Å². The molecule has 2 rings (SSSR count). The van der Waals surface area contributed by atoms with Gasteiger partial charge in [0.15, 0.2) is 0 Å². The lowest BCUT2D eigenvalue weighted by Gasteiger charge is -2.06. The van der Waals surface area contributed by atoms with E-state index >= 15 is 0 Å². The van der Waals surface area contributed by atoms with Gasteiger partial charge in [-0.15, -0.1) is 0 Å². The average Bonchev–Trinajstić information content (AvgIpc) is 3.00. The predicted molar refractivity (Wildman–Crippen MR) is 53.1 cm³/mol. The van der Waals surface area contributed by atoms with Crippen molar-refractivity contribution in [3.63, 3.8) is 0 Å². The zero-order valence-corrected chi connectivity index (χ0v) is 8.30. The summed E-state index contributed by atoms with van der Waals surface area (Å²) in [6.07, 6.45) is 0.156. The highest BCUT2D eigenvalue weighted by Gasteiger charge is 2.23. The first-order valence-corrected chi connectivity index (χ1v) is 4.66. The van der Waals surface area contributed by atoms with Crippen LogP contribution in [0, 0.1) is 17.0 Å². The predicted octanol–water partition coefficient (Wildman–Crippen LogP) is 1.68. The van der Waals surface area contributed by atoms with E-state index in [2.05, 4.69) is 0 Å². The number of nitro groups is 1. The van der Waals surface area contributed by atoms with E-state index in [1.807, 2.05) is 6.92 Å². The molecule has 15 heavy (non-hydrogen) atoms. The fourth-order valence-corrected chi connectivity index (χ4v) is 1.20. The number of ether oxygens (including phenoxy) is 2. The molecule has 1 aliphatic rings. The van der Waals surface area contributed by atoms with Gasteiger partial charge in [0.05, 0.1) is 17.6 Å². The van der Waals surface area contributed by atoms with Gasteiger partial charge in [0.2, 0.25) is 0 Å². The van der Waals surface area contributed by atoms with Gasteiger partial charge < -0.3 is 9.47 Å². The Bertz CT molecular complexity index is 387. The Balaban J connectivity index is 2.12. The van der Waals surface area contributed by atoms with E-state index in [4.69, 9.17) is 9.47 Å². The summed E-state index contributed by atoms with van der Waals surface area (Å²) in [5.41, 5.74) is 0.938. The van der Waals surface area contributed by atoms with E-state index in [-0.39, 0.29) is 11.8 Å². The van der Waals surface area contributed by atoms with E-state index in [0.717, 1.165) is 5.56 Å². The van der Waals surface area contributed by atoms with Crippen LogP contribution in [-0.4, -0.2) is 24.2 Å². The van der Waals surface area contributed by atoms with Gasteiger partial charge in [-0.1, -0.05) is 0 Å². The second-order valence-electron chi connectivity index (χ2n) is 3.47. The Hall–Kier alpha value is -1.62. The molecule has 0 N–H and O–H groups in total. The van der Waals surface area contributed by atoms with E-state index in [9.17, 15) is 10.1 Å². The fraction of sp³-hybridized carbons (Fsp3) is 0.400. The van der Waals surface area contributed by atoms with E-state index < -0.39 is 4.92 Å². The van der Waals surface area contributed by atoms with Crippen LogP contribution in [0.2, 0.25) is 0 Å². The average molecular weight is 209 g/mol. The van der Waals surface area contributed by atoms with E-state index in [1.54, 1.807) is 6.07 Å². The second kappa shape index (κ2) is 3.86. The molecule has 1 heterocycles. The van der Waals surface area contributed by atoms with Crippen LogP contribution in [0.25, 0.3) is 0 Å². The Morgan fingerprint density at radius 1 is 1.67 bits per heavy atom. The molecule has 1 aliphatic heterocycles. The number of aryl methyl sites for hydroxylation is 1. The van der Waals surface area contributed by atoms with Crippen LogP contribution < -0.4 is 4.74 Å². The summed E-state index contributed by atoms with van der Waals surface area (Å²) in [6, 6.07) is 4.59. The molecule has 0 amide bonds. The van der Waals surface area contributed by atoms with Gasteiger partial charge >= 0.3 is 0 Å². The molecule has 5 heteroatoms. The third kappa shape index (κ3) is 2.44. The topological polar surface area (TPSA) is 64.9 Å². The Labute approximate surface area is 86.8 Å². The van der Waals surface area contributed by atoms with Crippen LogP contribution in [-0.2, 0) is 4.74 Å². The SMILES string of the molecule is Cc1ccc([N+](=O)[O-])cc1OCC1CO1. The van der Waals surface area contributed by atoms with Gasteiger partial charge in [0.25, 0.3) is 5.69 Å². The first kappa shape index (κ1) is 9.92. The highest BCUT2D eigenvalue weighted by Crippen LogP contribution is 2.25. The summed E-state index contributed by atoms with van der Waals surface area (Å²) < 4.78 is 10.4. The Kier molecular flexibility index (Phi) is 2.55. The standard InChI is InChI=1S/C10H11NO4/c1-7-2-3-8(11(12)13)4-10(7)15-6-9-5-14-9/h2-4,9H,5-6H2,1H3. The molecular formula is C10H11NO4. The van der Waals surface area contributed by atoms with Gasteiger partial charge in [-0.05, 0) is 18.6 Å². The number of nitro benzene ring substituents is 1. The summed E-state index contributed by atoms with van der Waals surface area (Å²) in [5.74, 6) is 0.555. The number of non-ortho nitro benzene ring substituents is 1. The zero-order valence-electron chi connectivity index (χ0n) is 8.30. The summed E-state index contributed by atoms with van der Waals surface area (Å²) in [4.78, 5) is 10.1. The minimum Gasteiger partial charge on any atom is -0.490 e. The summed E-state index contributed by atoms with van der Waals surface area (Å²) in [5, 5.41) is 10.5. The zero-order chi connectivity index (χ0) is 10.8. The van der Waals surface area contributed by atoms with Crippen molar-refractivity contribution in [3.8, 4) is 5.75 Å². The van der Waals surface area contributed by atoms with Gasteiger partial charge in [-0.3, -0.25) is 10.1 Å². The van der Waals surface area contributed by atoms with Crippen LogP contribution in [0.3, 0.4) is 0 Å². The molecule has 5 nitrogen and oxygen atoms in total. The third-order valence-corrected chi connectivity index (χ3v) is 2.21. The van der Waals surface area contributed by atoms with Gasteiger partial charge in [-0.2, -0.15) is 0 Å². The van der Waals surface area contributed by atoms with Crippen LogP contribution in [0.4, 0.5) is 5.69 Å². The van der Waals surface area contributed by atoms with Gasteiger partial charge in [-0.25, -0.2) is 0 Å². The molecule has 1 aromatic rings. The third-order valence-electron chi connectivity index (χ3n) is 2.21. The lowest BCUT2D eigenvalue weighted by molar-refractivity contribution is -0.384. The second-order valence-corrected chi connectivity index (χ2v) is 3.47. The molecular weight excluding hydrogens is 198 g/mol. The number of hydrogen-bond acceptors (Lipinski definition) is 4. The van der Waals surface area contributed by atoms with Crippen molar-refractivity contribution >= 4 is 5.69 Å². The van der Waals surface area contributed by atoms with Gasteiger partial charge in [0, 0.05) is 6.07 Å². The lowest BCUT2D eigenvalue weighted by Crippen LogP contribution is -2.05. The van der Waals surface area contributed by atoms with E-state index in [1.165, 1.54) is 12.1 Å². The minimum atomic E-state index is -0.431. The molecule has 0 saturated carbocycles. The number of nitrogens with zero attached hydrogens (tertiary/aromatic N) is 1. The molecule has 1 aromatic carbocycles. The monoisotopic (exact) mass is 209 g/mol. The smallest absolute Gasteiger partial charge is 0.273 e. The molecule has 1 atom stereocenters. The largest absolute Gasteiger partial charge is 0.490 e. The number of rotatable bonds is 4. The van der Waals surface area contributed by atoms with Crippen LogP contribution in [0.1, 0.15) is 5.56 Å². The first-order chi connectivity index (χ1) is 7.16. The highest BCUT2D eigenvalue weighted by atomic mass is 16.6. The maximum Gasteiger partial charge on any atom is 0.273 e. The molecule has 0 radical (unpaired) electrons. The number of hydrogen-bond donors (Lipinski definition) is 0. The minimum absolute atomic E-state index is 0.0484. The summed E-state index contributed by atoms with van der Waals surface area (Å²) >= 11 is 0. The normalized spacial score (nSPS) is 18.6. The Morgan fingerprint density at radius 2 is 2.40 bits per heavy atom. The molecule has 1 fully saturated rings. The summed E-state index contributed by atoms with van der Waals surface area (Å²) in [7, 11) is 0. The molecule has 80 valence electrons. The lowest BCUT2D eigenvalue weighted by atomic mass is 10.2. The fourth-order valence-electron chi connectivity index (χ4n) is 1.20. The van der Waals surface area contributed by atoms with Crippen molar-refractivity contribution in [2.45, 2.75) is 13.0 Å². The van der Waals surface area contributed by atoms with Crippen molar-refractivity contribution in [1.29, 1.82) is 0 Å². The van der Waals surface area contributed by atoms with Crippen LogP contribution in [0.5, 0.6) is 5.75 Å². The Morgan fingerprint density at radius 3 is 3.00 bits per heavy atom. The van der Waals surface area contributed by atoms with Crippen molar-refractivity contribution in [2.75, 3.05) is 13.2 Å². The van der Waals surface area contributed by atoms with Crippen LogP contribution in [0.15, 0.2) is 18.2 Å². The molecule has 1 saturated heterocycles. The molecule has 0 aliphatic carbocycles. The highest BCUT2D eigenvalue weighted by molar-refractivity contribution is 5.43. The van der Waals surface area contributed by atoms with Crippen molar-refractivity contribution in [1.82, 2.24) is 0 Å². The quantitative estimate of drug-likeness (QED) is 0.430. The maximum atomic E-state index is 10.5. The maximum absolute atomic E-state index is 10.5. The molecule has 0 spiro atoms. The van der Waals surface area contributed by atoms with Gasteiger partial charge in [0.1, 0.15) is 18.5 Å². The van der Waals surface area contributed by atoms with E-state index in [0.29, 0.717) is 19.0 Å². The first-order valence-electron chi connectivity index (χ1n) is 4.66. The number of benzene rings is 1. The summed E-state index contributed by atoms with van der Waals surface area (Å²) in [6.45, 7) is 3.03.